The monoisotopic (exact) mass is 590 g/mol. The highest BCUT2D eigenvalue weighted by Crippen LogP contribution is 2.44. The summed E-state index contributed by atoms with van der Waals surface area (Å²) in [6, 6.07) is 19.2. The Morgan fingerprint density at radius 3 is 2.53 bits per heavy atom. The van der Waals surface area contributed by atoms with Crippen LogP contribution in [0.25, 0.3) is 11.1 Å². The smallest absolute Gasteiger partial charge is 0.404 e. The van der Waals surface area contributed by atoms with E-state index in [0.717, 1.165) is 11.1 Å². The third kappa shape index (κ3) is 7.97. The van der Waals surface area contributed by atoms with Crippen LogP contribution < -0.4 is 16.4 Å². The van der Waals surface area contributed by atoms with Crippen molar-refractivity contribution >= 4 is 17.9 Å². The molecule has 0 aromatic heterocycles. The number of rotatable bonds is 12. The van der Waals surface area contributed by atoms with Gasteiger partial charge in [-0.15, -0.1) is 0 Å². The summed E-state index contributed by atoms with van der Waals surface area (Å²) in [5, 5.41) is 26.9. The van der Waals surface area contributed by atoms with Crippen LogP contribution in [-0.4, -0.2) is 59.2 Å². The molecule has 1 fully saturated rings. The van der Waals surface area contributed by atoms with E-state index in [1.54, 1.807) is 29.2 Å². The lowest BCUT2D eigenvalue weighted by Gasteiger charge is -2.43. The molecule has 1 aliphatic rings. The van der Waals surface area contributed by atoms with Crippen LogP contribution in [0.5, 0.6) is 0 Å². The SMILES string of the molecule is Cc1cccc(-c2c(F)cccc2C(O)(CCCNC(=O)O)[C@@H]2CCCN(C(=O)c3ccc(CNCC(N)=O)cc3)C2)c1. The minimum atomic E-state index is -1.53. The van der Waals surface area contributed by atoms with Crippen LogP contribution >= 0.6 is 0 Å². The zero-order valence-electron chi connectivity index (χ0n) is 24.3. The van der Waals surface area contributed by atoms with E-state index in [2.05, 4.69) is 10.6 Å². The van der Waals surface area contributed by atoms with Crippen molar-refractivity contribution in [3.8, 4) is 11.1 Å². The maximum atomic E-state index is 15.5. The summed E-state index contributed by atoms with van der Waals surface area (Å²) in [6.45, 7) is 3.31. The number of hydrogen-bond donors (Lipinski definition) is 5. The summed E-state index contributed by atoms with van der Waals surface area (Å²) in [5.41, 5.74) is 7.36. The minimum Gasteiger partial charge on any atom is -0.465 e. The Morgan fingerprint density at radius 1 is 1.09 bits per heavy atom. The third-order valence-corrected chi connectivity index (χ3v) is 8.01. The quantitative estimate of drug-likeness (QED) is 0.200. The number of carbonyl (C=O) groups excluding carboxylic acids is 2. The largest absolute Gasteiger partial charge is 0.465 e. The summed E-state index contributed by atoms with van der Waals surface area (Å²) in [7, 11) is 0. The number of piperidine rings is 1. The van der Waals surface area contributed by atoms with Crippen molar-refractivity contribution in [2.45, 2.75) is 44.8 Å². The van der Waals surface area contributed by atoms with Crippen LogP contribution in [0.4, 0.5) is 9.18 Å². The van der Waals surface area contributed by atoms with Crippen molar-refractivity contribution in [1.82, 2.24) is 15.5 Å². The molecular weight excluding hydrogens is 551 g/mol. The van der Waals surface area contributed by atoms with Crippen molar-refractivity contribution in [2.75, 3.05) is 26.2 Å². The molecule has 3 amide bonds. The predicted molar refractivity (Wildman–Crippen MR) is 162 cm³/mol. The molecule has 9 nitrogen and oxygen atoms in total. The van der Waals surface area contributed by atoms with Gasteiger partial charge in [0.05, 0.1) is 12.1 Å². The summed E-state index contributed by atoms with van der Waals surface area (Å²) in [6.07, 6.45) is 0.605. The summed E-state index contributed by atoms with van der Waals surface area (Å²) in [5.74, 6) is -1.50. The Balaban J connectivity index is 1.62. The number of halogens is 1. The van der Waals surface area contributed by atoms with E-state index in [4.69, 9.17) is 10.8 Å². The second kappa shape index (κ2) is 14.3. The Bertz CT molecular complexity index is 1450. The Morgan fingerprint density at radius 2 is 1.84 bits per heavy atom. The highest BCUT2D eigenvalue weighted by molar-refractivity contribution is 5.94. The van der Waals surface area contributed by atoms with Crippen molar-refractivity contribution in [2.24, 2.45) is 11.7 Å². The number of carbonyl (C=O) groups is 3. The fraction of sp³-hybridized carbons (Fsp3) is 0.364. The maximum absolute atomic E-state index is 15.5. The molecule has 2 atom stereocenters. The van der Waals surface area contributed by atoms with Crippen LogP contribution in [0, 0.1) is 18.7 Å². The van der Waals surface area contributed by atoms with Gasteiger partial charge in [0.1, 0.15) is 5.82 Å². The number of aryl methyl sites for hydroxylation is 1. The molecule has 1 saturated heterocycles. The minimum absolute atomic E-state index is 0.0576. The molecule has 3 aromatic rings. The Kier molecular flexibility index (Phi) is 10.5. The average Bonchev–Trinajstić information content (AvgIpc) is 2.99. The van der Waals surface area contributed by atoms with Crippen molar-refractivity contribution in [1.29, 1.82) is 0 Å². The lowest BCUT2D eigenvalue weighted by molar-refractivity contribution is -0.117. The second-order valence-electron chi connectivity index (χ2n) is 11.1. The molecule has 228 valence electrons. The van der Waals surface area contributed by atoms with E-state index in [9.17, 15) is 19.5 Å². The van der Waals surface area contributed by atoms with Crippen molar-refractivity contribution in [3.05, 3.63) is 94.8 Å². The second-order valence-corrected chi connectivity index (χ2v) is 11.1. The summed E-state index contributed by atoms with van der Waals surface area (Å²) < 4.78 is 15.5. The van der Waals surface area contributed by atoms with Crippen molar-refractivity contribution < 1.29 is 29.0 Å². The van der Waals surface area contributed by atoms with E-state index >= 15 is 4.39 Å². The number of primary amides is 1. The molecule has 0 saturated carbocycles. The van der Waals surface area contributed by atoms with Gasteiger partial charge < -0.3 is 31.5 Å². The van der Waals surface area contributed by atoms with Gasteiger partial charge in [-0.3, -0.25) is 9.59 Å². The zero-order chi connectivity index (χ0) is 31.0. The zero-order valence-corrected chi connectivity index (χ0v) is 24.3. The van der Waals surface area contributed by atoms with Crippen LogP contribution in [0.3, 0.4) is 0 Å². The normalized spacial score (nSPS) is 16.3. The number of nitrogens with two attached hydrogens (primary N) is 1. The Hall–Kier alpha value is -4.28. The number of carboxylic acid groups (broad SMARTS) is 1. The fourth-order valence-corrected chi connectivity index (χ4v) is 5.92. The first-order chi connectivity index (χ1) is 20.6. The Labute approximate surface area is 250 Å². The molecule has 0 aliphatic carbocycles. The van der Waals surface area contributed by atoms with Crippen LogP contribution in [0.2, 0.25) is 0 Å². The number of hydrogen-bond acceptors (Lipinski definition) is 5. The molecule has 1 aliphatic heterocycles. The van der Waals surface area contributed by atoms with Gasteiger partial charge in [0.15, 0.2) is 0 Å². The van der Waals surface area contributed by atoms with Gasteiger partial charge in [0.2, 0.25) is 5.91 Å². The van der Waals surface area contributed by atoms with Gasteiger partial charge in [-0.1, -0.05) is 54.1 Å². The topological polar surface area (TPSA) is 145 Å². The molecule has 0 bridgehead atoms. The molecule has 4 rings (SSSR count). The van der Waals surface area contributed by atoms with Crippen LogP contribution in [0.1, 0.15) is 52.7 Å². The number of aliphatic hydroxyl groups is 1. The molecule has 1 heterocycles. The van der Waals surface area contributed by atoms with E-state index in [1.165, 1.54) is 6.07 Å². The lowest BCUT2D eigenvalue weighted by Crippen LogP contribution is -2.48. The highest BCUT2D eigenvalue weighted by atomic mass is 19.1. The number of benzene rings is 3. The molecule has 6 N–H and O–H groups in total. The molecule has 43 heavy (non-hydrogen) atoms. The van der Waals surface area contributed by atoms with Gasteiger partial charge in [0.25, 0.3) is 5.91 Å². The highest BCUT2D eigenvalue weighted by Gasteiger charge is 2.43. The third-order valence-electron chi connectivity index (χ3n) is 8.01. The predicted octanol–water partition coefficient (Wildman–Crippen LogP) is 4.16. The maximum Gasteiger partial charge on any atom is 0.404 e. The van der Waals surface area contributed by atoms with Crippen LogP contribution in [-0.2, 0) is 16.9 Å². The summed E-state index contributed by atoms with van der Waals surface area (Å²) in [4.78, 5) is 37.3. The fourth-order valence-electron chi connectivity index (χ4n) is 5.92. The lowest BCUT2D eigenvalue weighted by atomic mass is 9.72. The van der Waals surface area contributed by atoms with E-state index < -0.39 is 29.3 Å². The molecular formula is C33H39FN4O5. The standard InChI is InChI=1S/C33H39FN4O5/c1-22-6-2-7-25(18-22)30-27(9-3-10-28(30)34)33(43,15-5-16-37-32(41)42)26-8-4-17-38(21-26)31(40)24-13-11-23(12-14-24)19-36-20-29(35)39/h2-3,6-7,9-14,18,26,36-37,43H,4-5,8,15-17,19-21H2,1H3,(H2,35,39)(H,41,42)/t26-,33?/m1/s1. The molecule has 0 radical (unpaired) electrons. The van der Waals surface area contributed by atoms with Gasteiger partial charge in [-0.25, -0.2) is 9.18 Å². The first kappa shape index (κ1) is 31.7. The average molecular weight is 591 g/mol. The first-order valence-corrected chi connectivity index (χ1v) is 14.5. The van der Waals surface area contributed by atoms with E-state index in [0.29, 0.717) is 54.6 Å². The van der Waals surface area contributed by atoms with Gasteiger partial charge in [0, 0.05) is 43.2 Å². The van der Waals surface area contributed by atoms with E-state index in [-0.39, 0.29) is 32.0 Å². The molecule has 10 heteroatoms. The van der Waals surface area contributed by atoms with E-state index in [1.807, 2.05) is 43.3 Å². The molecule has 0 spiro atoms. The number of nitrogens with zero attached hydrogens (tertiary/aromatic N) is 1. The first-order valence-electron chi connectivity index (χ1n) is 14.5. The molecule has 1 unspecified atom stereocenters. The van der Waals surface area contributed by atoms with Crippen molar-refractivity contribution in [3.63, 3.8) is 0 Å². The number of nitrogens with one attached hydrogen (secondary N) is 2. The van der Waals surface area contributed by atoms with Gasteiger partial charge >= 0.3 is 6.09 Å². The summed E-state index contributed by atoms with van der Waals surface area (Å²) >= 11 is 0. The molecule has 3 aromatic carbocycles. The number of amides is 3. The van der Waals surface area contributed by atoms with Crippen LogP contribution in [0.15, 0.2) is 66.7 Å². The number of likely N-dealkylation sites (tertiary alicyclic amines) is 1. The van der Waals surface area contributed by atoms with Gasteiger partial charge in [-0.05, 0) is 67.5 Å². The van der Waals surface area contributed by atoms with Gasteiger partial charge in [-0.2, -0.15) is 0 Å².